The van der Waals surface area contributed by atoms with Gasteiger partial charge in [-0.2, -0.15) is 0 Å². The monoisotopic (exact) mass is 209 g/mol. The molecule has 2 unspecified atom stereocenters. The number of aliphatic hydroxyl groups excluding tert-OH is 2. The van der Waals surface area contributed by atoms with Gasteiger partial charge in [0.25, 0.3) is 0 Å². The summed E-state index contributed by atoms with van der Waals surface area (Å²) < 4.78 is 0. The third-order valence-corrected chi connectivity index (χ3v) is 0.805. The van der Waals surface area contributed by atoms with E-state index < -0.39 is 24.1 Å². The SMILES string of the molecule is O.O.O=C(O)C(O)C(O)C(=O)O.[Na+]. The number of aliphatic carboxylic acids is 2. The van der Waals surface area contributed by atoms with Crippen LogP contribution in [0.1, 0.15) is 0 Å². The molecule has 0 aliphatic carbocycles. The maximum atomic E-state index is 9.77. The zero-order valence-corrected chi connectivity index (χ0v) is 8.76. The van der Waals surface area contributed by atoms with E-state index in [0.717, 1.165) is 0 Å². The third-order valence-electron chi connectivity index (χ3n) is 0.805. The van der Waals surface area contributed by atoms with Gasteiger partial charge in [-0.25, -0.2) is 9.59 Å². The average molecular weight is 209 g/mol. The number of rotatable bonds is 3. The summed E-state index contributed by atoms with van der Waals surface area (Å²) in [5.74, 6) is -3.54. The van der Waals surface area contributed by atoms with Crippen molar-refractivity contribution in [2.45, 2.75) is 12.2 Å². The number of hydrogen-bond donors (Lipinski definition) is 4. The number of carboxylic acids is 2. The smallest absolute Gasteiger partial charge is 0.479 e. The second-order valence-electron chi connectivity index (χ2n) is 1.57. The molecule has 0 aliphatic rings. The largest absolute Gasteiger partial charge is 1.00 e. The molecule has 0 amide bonds. The molecule has 0 fully saturated rings. The molecule has 13 heavy (non-hydrogen) atoms. The van der Waals surface area contributed by atoms with Crippen molar-refractivity contribution in [1.29, 1.82) is 0 Å². The minimum absolute atomic E-state index is 0. The molecular weight excluding hydrogens is 199 g/mol. The van der Waals surface area contributed by atoms with Crippen molar-refractivity contribution >= 4 is 11.9 Å². The van der Waals surface area contributed by atoms with Crippen LogP contribution in [0.5, 0.6) is 0 Å². The van der Waals surface area contributed by atoms with E-state index in [1.165, 1.54) is 0 Å². The fraction of sp³-hybridized carbons (Fsp3) is 0.500. The molecule has 0 aromatic rings. The molecule has 0 aromatic carbocycles. The molecule has 0 saturated carbocycles. The van der Waals surface area contributed by atoms with Crippen molar-refractivity contribution in [3.8, 4) is 0 Å². The fourth-order valence-electron chi connectivity index (χ4n) is 0.270. The molecule has 0 radical (unpaired) electrons. The molecule has 0 bridgehead atoms. The first-order valence-electron chi connectivity index (χ1n) is 2.28. The number of carboxylic acid groups (broad SMARTS) is 2. The summed E-state index contributed by atoms with van der Waals surface area (Å²) in [5, 5.41) is 32.5. The van der Waals surface area contributed by atoms with Gasteiger partial charge in [0.1, 0.15) is 0 Å². The first-order valence-corrected chi connectivity index (χ1v) is 2.28. The standard InChI is InChI=1S/C4H6O6.Na.2H2O/c5-1(3(7)8)2(6)4(9)10;;;/h1-2,5-6H,(H,7,8)(H,9,10);;2*1H2/q;+1;;. The summed E-state index contributed by atoms with van der Waals surface area (Å²) in [4.78, 5) is 19.5. The normalized spacial score (nSPS) is 12.2. The Balaban J connectivity index is -0.000000135. The van der Waals surface area contributed by atoms with Crippen LogP contribution in [0.4, 0.5) is 0 Å². The van der Waals surface area contributed by atoms with Crippen LogP contribution in [0.25, 0.3) is 0 Å². The van der Waals surface area contributed by atoms with E-state index in [4.69, 9.17) is 20.4 Å². The number of hydrogen-bond acceptors (Lipinski definition) is 4. The Labute approximate surface area is 94.7 Å². The van der Waals surface area contributed by atoms with E-state index in [2.05, 4.69) is 0 Å². The molecule has 74 valence electrons. The summed E-state index contributed by atoms with van der Waals surface area (Å²) in [6, 6.07) is 0. The zero-order chi connectivity index (χ0) is 8.31. The molecule has 9 heteroatoms. The second kappa shape index (κ2) is 9.86. The van der Waals surface area contributed by atoms with Crippen molar-refractivity contribution in [2.24, 2.45) is 0 Å². The zero-order valence-electron chi connectivity index (χ0n) is 6.76. The van der Waals surface area contributed by atoms with Gasteiger partial charge in [-0.15, -0.1) is 0 Å². The number of aliphatic hydroxyl groups is 2. The first kappa shape index (κ1) is 23.0. The summed E-state index contributed by atoms with van der Waals surface area (Å²) in [6.07, 6.45) is -4.53. The van der Waals surface area contributed by atoms with Crippen LogP contribution in [-0.2, 0) is 9.59 Å². The van der Waals surface area contributed by atoms with Crippen LogP contribution in [-0.4, -0.2) is 55.5 Å². The minimum atomic E-state index is -2.27. The van der Waals surface area contributed by atoms with Crippen LogP contribution in [0.2, 0.25) is 0 Å². The fourth-order valence-corrected chi connectivity index (χ4v) is 0.270. The van der Waals surface area contributed by atoms with Crippen LogP contribution in [0, 0.1) is 0 Å². The van der Waals surface area contributed by atoms with Gasteiger partial charge in [0, 0.05) is 0 Å². The molecular formula is C4H10NaO8+. The third kappa shape index (κ3) is 8.12. The Bertz CT molecular complexity index is 140. The van der Waals surface area contributed by atoms with Crippen molar-refractivity contribution < 1.29 is 70.5 Å². The van der Waals surface area contributed by atoms with E-state index in [1.54, 1.807) is 0 Å². The van der Waals surface area contributed by atoms with Gasteiger partial charge in [-0.05, 0) is 0 Å². The molecule has 8 N–H and O–H groups in total. The molecule has 0 rings (SSSR count). The predicted octanol–water partition coefficient (Wildman–Crippen LogP) is -6.77. The van der Waals surface area contributed by atoms with Crippen molar-refractivity contribution in [3.05, 3.63) is 0 Å². The molecule has 0 heterocycles. The van der Waals surface area contributed by atoms with Gasteiger partial charge in [0.05, 0.1) is 0 Å². The Hall–Kier alpha value is -0.220. The van der Waals surface area contributed by atoms with Gasteiger partial charge >= 0.3 is 41.5 Å². The van der Waals surface area contributed by atoms with E-state index in [9.17, 15) is 9.59 Å². The molecule has 2 atom stereocenters. The minimum Gasteiger partial charge on any atom is -0.479 e. The Kier molecular flexibility index (Phi) is 17.5. The van der Waals surface area contributed by atoms with Crippen LogP contribution in [0.15, 0.2) is 0 Å². The summed E-state index contributed by atoms with van der Waals surface area (Å²) in [6.45, 7) is 0. The molecule has 0 aromatic heterocycles. The van der Waals surface area contributed by atoms with Gasteiger partial charge in [-0.3, -0.25) is 0 Å². The van der Waals surface area contributed by atoms with Crippen LogP contribution < -0.4 is 29.6 Å². The summed E-state index contributed by atoms with van der Waals surface area (Å²) >= 11 is 0. The average Bonchev–Trinajstić information content (AvgIpc) is 1.84. The van der Waals surface area contributed by atoms with E-state index in [0.29, 0.717) is 0 Å². The van der Waals surface area contributed by atoms with Gasteiger partial charge < -0.3 is 31.4 Å². The predicted molar refractivity (Wildman–Crippen MR) is 34.5 cm³/mol. The van der Waals surface area contributed by atoms with E-state index >= 15 is 0 Å². The molecule has 0 saturated heterocycles. The summed E-state index contributed by atoms with van der Waals surface area (Å²) in [7, 11) is 0. The summed E-state index contributed by atoms with van der Waals surface area (Å²) in [5.41, 5.74) is 0. The van der Waals surface area contributed by atoms with Crippen LogP contribution in [0.3, 0.4) is 0 Å². The number of carbonyl (C=O) groups is 2. The van der Waals surface area contributed by atoms with E-state index in [1.807, 2.05) is 0 Å². The van der Waals surface area contributed by atoms with Gasteiger partial charge in [0.2, 0.25) is 0 Å². The Morgan fingerprint density at radius 2 is 1.00 bits per heavy atom. The first-order chi connectivity index (χ1) is 4.46. The Morgan fingerprint density at radius 3 is 1.08 bits per heavy atom. The van der Waals surface area contributed by atoms with Crippen LogP contribution >= 0.6 is 0 Å². The maximum absolute atomic E-state index is 9.77. The quantitative estimate of drug-likeness (QED) is 0.335. The van der Waals surface area contributed by atoms with E-state index in [-0.39, 0.29) is 40.5 Å². The maximum Gasteiger partial charge on any atom is 1.00 e. The second-order valence-corrected chi connectivity index (χ2v) is 1.57. The van der Waals surface area contributed by atoms with Gasteiger partial charge in [-0.1, -0.05) is 0 Å². The van der Waals surface area contributed by atoms with Gasteiger partial charge in [0.15, 0.2) is 12.2 Å². The topological polar surface area (TPSA) is 178 Å². The van der Waals surface area contributed by atoms with Crippen molar-refractivity contribution in [1.82, 2.24) is 0 Å². The van der Waals surface area contributed by atoms with Crippen molar-refractivity contribution in [3.63, 3.8) is 0 Å². The molecule has 8 nitrogen and oxygen atoms in total. The molecule has 0 spiro atoms. The molecule has 0 aliphatic heterocycles. The van der Waals surface area contributed by atoms with Crippen molar-refractivity contribution in [2.75, 3.05) is 0 Å². The Morgan fingerprint density at radius 1 is 0.846 bits per heavy atom.